The van der Waals surface area contributed by atoms with E-state index in [1.165, 1.54) is 59.0 Å². The topological polar surface area (TPSA) is 0 Å². The fourth-order valence-electron chi connectivity index (χ4n) is 5.41. The molecule has 4 aromatic carbocycles. The molecule has 0 unspecified atom stereocenters. The minimum absolute atomic E-state index is 1.26. The van der Waals surface area contributed by atoms with Gasteiger partial charge in [-0.1, -0.05) is 90.7 Å². The molecule has 6 aromatic rings. The van der Waals surface area contributed by atoms with E-state index in [2.05, 4.69) is 113 Å². The number of benzene rings is 4. The maximum absolute atomic E-state index is 6.95. The van der Waals surface area contributed by atoms with Crippen LogP contribution in [0.4, 0.5) is 0 Å². The second-order valence-electron chi connectivity index (χ2n) is 8.51. The van der Waals surface area contributed by atoms with E-state index in [4.69, 9.17) is 11.8 Å². The van der Waals surface area contributed by atoms with Gasteiger partial charge in [0.15, 0.2) is 0 Å². The first-order chi connectivity index (χ1) is 16.8. The Morgan fingerprint density at radius 3 is 1.38 bits per heavy atom. The van der Waals surface area contributed by atoms with Gasteiger partial charge in [0, 0.05) is 27.1 Å². The molecular weight excluding hydrogens is 488 g/mol. The molecule has 0 N–H and O–H groups in total. The molecule has 3 heterocycles. The van der Waals surface area contributed by atoms with Crippen LogP contribution in [-0.2, 0) is 11.8 Å². The molecule has 0 amide bonds. The van der Waals surface area contributed by atoms with Gasteiger partial charge >= 0.3 is 0 Å². The third-order valence-corrected chi connectivity index (χ3v) is 13.1. The second-order valence-corrected chi connectivity index (χ2v) is 14.3. The smallest absolute Gasteiger partial charge is 0.0404 e. The van der Waals surface area contributed by atoms with Crippen molar-refractivity contribution in [3.8, 4) is 0 Å². The first-order valence-corrected chi connectivity index (χ1v) is 15.9. The van der Waals surface area contributed by atoms with Gasteiger partial charge < -0.3 is 0 Å². The van der Waals surface area contributed by atoms with Crippen molar-refractivity contribution in [3.05, 3.63) is 134 Å². The Morgan fingerprint density at radius 2 is 0.941 bits per heavy atom. The molecule has 0 nitrogen and oxygen atoms in total. The Bertz CT molecular complexity index is 1750. The lowest BCUT2D eigenvalue weighted by Crippen LogP contribution is -2.27. The molecule has 0 saturated heterocycles. The molecule has 0 saturated carbocycles. The Labute approximate surface area is 211 Å². The molecule has 1 aliphatic heterocycles. The van der Waals surface area contributed by atoms with Crippen LogP contribution in [0.15, 0.2) is 113 Å². The Balaban J connectivity index is 1.88. The van der Waals surface area contributed by atoms with E-state index < -0.39 is 6.04 Å². The molecule has 0 atom stereocenters. The van der Waals surface area contributed by atoms with Crippen LogP contribution >= 0.6 is 28.7 Å². The van der Waals surface area contributed by atoms with Crippen LogP contribution in [0.1, 0.15) is 11.1 Å². The van der Waals surface area contributed by atoms with Crippen LogP contribution in [0.5, 0.6) is 0 Å². The van der Waals surface area contributed by atoms with Crippen molar-refractivity contribution in [1.29, 1.82) is 0 Å². The highest BCUT2D eigenvalue weighted by Crippen LogP contribution is 2.67. The van der Waals surface area contributed by atoms with Crippen molar-refractivity contribution in [2.45, 2.75) is 0 Å². The molecule has 162 valence electrons. The summed E-state index contributed by atoms with van der Waals surface area (Å²) in [7, 11) is 0. The Hall–Kier alpha value is -2.81. The van der Waals surface area contributed by atoms with E-state index in [9.17, 15) is 0 Å². The summed E-state index contributed by atoms with van der Waals surface area (Å²) < 4.78 is 0. The number of rotatable bonds is 3. The summed E-state index contributed by atoms with van der Waals surface area (Å²) in [4.78, 5) is 0. The van der Waals surface area contributed by atoms with Crippen molar-refractivity contribution in [3.63, 3.8) is 0 Å². The molecule has 0 aliphatic carbocycles. The van der Waals surface area contributed by atoms with Crippen LogP contribution < -0.4 is 15.7 Å². The minimum Gasteiger partial charge on any atom is -0.152 e. The van der Waals surface area contributed by atoms with Crippen LogP contribution in [0.2, 0.25) is 0 Å². The van der Waals surface area contributed by atoms with E-state index in [0.717, 1.165) is 0 Å². The lowest BCUT2D eigenvalue weighted by Gasteiger charge is -2.25. The van der Waals surface area contributed by atoms with Crippen molar-refractivity contribution in [1.82, 2.24) is 0 Å². The Morgan fingerprint density at radius 1 is 0.500 bits per heavy atom. The predicted octanol–water partition coefficient (Wildman–Crippen LogP) is 7.25. The zero-order chi connectivity index (χ0) is 22.7. The third kappa shape index (κ3) is 2.79. The second kappa shape index (κ2) is 7.86. The lowest BCUT2D eigenvalue weighted by atomic mass is 9.96. The average molecular weight is 507 g/mol. The van der Waals surface area contributed by atoms with E-state index in [1.54, 1.807) is 22.7 Å². The van der Waals surface area contributed by atoms with Crippen LogP contribution in [0.3, 0.4) is 0 Å². The van der Waals surface area contributed by atoms with Gasteiger partial charge in [-0.25, -0.2) is 0 Å². The molecule has 0 spiro atoms. The van der Waals surface area contributed by atoms with Crippen LogP contribution in [0.25, 0.3) is 32.2 Å². The lowest BCUT2D eigenvalue weighted by molar-refractivity contribution is 1.61. The zero-order valence-electron chi connectivity index (χ0n) is 18.1. The summed E-state index contributed by atoms with van der Waals surface area (Å²) in [5.41, 5.74) is 2.54. The monoisotopic (exact) mass is 506 g/mol. The van der Waals surface area contributed by atoms with Gasteiger partial charge in [0.2, 0.25) is 0 Å². The first-order valence-electron chi connectivity index (χ1n) is 11.2. The fourth-order valence-corrected chi connectivity index (χ4v) is 11.9. The van der Waals surface area contributed by atoms with Crippen molar-refractivity contribution < 1.29 is 0 Å². The zero-order valence-corrected chi connectivity index (χ0v) is 21.5. The summed E-state index contributed by atoms with van der Waals surface area (Å²) in [6, 6.07) is 30.8. The quantitative estimate of drug-likeness (QED) is 0.180. The molecular formula is C30H19PS3. The molecule has 4 heteroatoms. The van der Waals surface area contributed by atoms with Gasteiger partial charge in [-0.2, -0.15) is 22.7 Å². The molecule has 0 fully saturated rings. The van der Waals surface area contributed by atoms with Gasteiger partial charge in [0.05, 0.1) is 0 Å². The van der Waals surface area contributed by atoms with Crippen LogP contribution in [-0.4, -0.2) is 0 Å². The summed E-state index contributed by atoms with van der Waals surface area (Å²) in [5, 5.41) is 20.7. The molecule has 7 rings (SSSR count). The summed E-state index contributed by atoms with van der Waals surface area (Å²) >= 11 is 10.4. The van der Waals surface area contributed by atoms with E-state index >= 15 is 0 Å². The fraction of sp³-hybridized carbons (Fsp3) is 0. The normalized spacial score (nSPS) is 14.7. The summed E-state index contributed by atoms with van der Waals surface area (Å²) in [6.07, 6.45) is 0. The molecule has 1 aliphatic rings. The number of thiophene rings is 2. The van der Waals surface area contributed by atoms with Crippen molar-refractivity contribution in [2.24, 2.45) is 0 Å². The van der Waals surface area contributed by atoms with Crippen molar-refractivity contribution in [2.75, 3.05) is 0 Å². The number of hydrogen-bond acceptors (Lipinski definition) is 3. The minimum atomic E-state index is -2.33. The maximum Gasteiger partial charge on any atom is 0.0404 e. The van der Waals surface area contributed by atoms with Gasteiger partial charge in [-0.3, -0.25) is 0 Å². The van der Waals surface area contributed by atoms with Crippen LogP contribution in [0, 0.1) is 0 Å². The van der Waals surface area contributed by atoms with E-state index in [0.29, 0.717) is 0 Å². The van der Waals surface area contributed by atoms with Gasteiger partial charge in [0.25, 0.3) is 0 Å². The molecule has 34 heavy (non-hydrogen) atoms. The van der Waals surface area contributed by atoms with Gasteiger partial charge in [-0.05, 0) is 71.6 Å². The highest BCUT2D eigenvalue weighted by molar-refractivity contribution is 8.28. The average Bonchev–Trinajstić information content (AvgIpc) is 3.65. The largest absolute Gasteiger partial charge is 0.152 e. The predicted molar refractivity (Wildman–Crippen MR) is 155 cm³/mol. The number of fused-ring (bicyclic) bond motifs is 6. The summed E-state index contributed by atoms with van der Waals surface area (Å²) in [5.74, 6) is 0. The molecule has 0 bridgehead atoms. The molecule has 2 aromatic heterocycles. The highest BCUT2D eigenvalue weighted by Gasteiger charge is 2.38. The highest BCUT2D eigenvalue weighted by atomic mass is 32.4. The number of hydrogen-bond donors (Lipinski definition) is 0. The van der Waals surface area contributed by atoms with Gasteiger partial charge in [0.1, 0.15) is 0 Å². The van der Waals surface area contributed by atoms with Gasteiger partial charge in [-0.15, -0.1) is 0 Å². The summed E-state index contributed by atoms with van der Waals surface area (Å²) in [6.45, 7) is 0. The SMILES string of the molecule is S=P1(c2ccccc2)C(c2ccsc2)=c2c(c3ccccc3c3ccccc23)=C1c1ccsc1. The van der Waals surface area contributed by atoms with E-state index in [-0.39, 0.29) is 0 Å². The maximum atomic E-state index is 6.95. The Kier molecular flexibility index (Phi) is 4.75. The third-order valence-electron chi connectivity index (χ3n) is 6.75. The van der Waals surface area contributed by atoms with E-state index in [1.807, 2.05) is 0 Å². The van der Waals surface area contributed by atoms with Crippen molar-refractivity contribution >= 4 is 78.0 Å². The first kappa shape index (κ1) is 20.6. The standard InChI is InChI=1S/C30H19PS3/c32-31(22-8-2-1-3-9-22)29(20-14-16-33-18-20)27-25-12-6-4-10-23(25)24-11-5-7-13-26(24)28(27)30(31)21-15-17-34-19-21/h1-19H. The molecule has 0 radical (unpaired) electrons.